The zero-order valence-electron chi connectivity index (χ0n) is 37.5. The van der Waals surface area contributed by atoms with Crippen molar-refractivity contribution in [2.45, 2.75) is 46.8 Å². The second-order valence-electron chi connectivity index (χ2n) is 17.9. The van der Waals surface area contributed by atoms with Crippen molar-refractivity contribution in [2.24, 2.45) is 0 Å². The van der Waals surface area contributed by atoms with E-state index in [0.29, 0.717) is 37.0 Å². The molecule has 8 aromatic rings. The first-order valence-corrected chi connectivity index (χ1v) is 31.1. The molecule has 8 aromatic carbocycles. The molecule has 0 spiro atoms. The van der Waals surface area contributed by atoms with Gasteiger partial charge in [0.05, 0.1) is 0 Å². The topological polar surface area (TPSA) is 86.7 Å². The first kappa shape index (κ1) is 48.4. The molecule has 0 aromatic heterocycles. The molecule has 0 aliphatic rings. The van der Waals surface area contributed by atoms with E-state index in [2.05, 4.69) is 86.1 Å². The zero-order valence-corrected chi connectivity index (χ0v) is 40.9. The summed E-state index contributed by atoms with van der Waals surface area (Å²) in [5.74, 6) is 0. The van der Waals surface area contributed by atoms with Crippen molar-refractivity contribution in [1.82, 2.24) is 0 Å². The molecular weight excluding hydrogens is 895 g/mol. The Bertz CT molecular complexity index is 2550. The summed E-state index contributed by atoms with van der Waals surface area (Å²) in [5, 5.41) is 0. The van der Waals surface area contributed by atoms with Crippen LogP contribution in [0.5, 0.6) is 0 Å². The molecule has 0 N–H and O–H groups in total. The zero-order chi connectivity index (χ0) is 46.5. The van der Waals surface area contributed by atoms with Crippen molar-refractivity contribution in [3.8, 4) is 0 Å². The van der Waals surface area contributed by atoms with E-state index < -0.39 is 33.9 Å². The van der Waals surface area contributed by atoms with E-state index in [0.717, 1.165) is 33.4 Å². The van der Waals surface area contributed by atoms with Crippen LogP contribution in [0.15, 0.2) is 252 Å². The third-order valence-corrected chi connectivity index (χ3v) is 26.1. The Balaban J connectivity index is 0.000000196. The molecule has 0 radical (unpaired) electrons. The van der Waals surface area contributed by atoms with Gasteiger partial charge in [-0.1, -0.05) is 0 Å². The van der Waals surface area contributed by atoms with E-state index in [9.17, 15) is 16.8 Å². The van der Waals surface area contributed by atoms with Crippen molar-refractivity contribution in [3.05, 3.63) is 276 Å². The van der Waals surface area contributed by atoms with E-state index in [1.807, 2.05) is 121 Å². The van der Waals surface area contributed by atoms with Gasteiger partial charge >= 0.3 is 395 Å². The number of hydrogen-bond acceptors (Lipinski definition) is 6. The Morgan fingerprint density at radius 2 is 0.424 bits per heavy atom. The Labute approximate surface area is 392 Å². The molecular formula is C56H58O6P2S2. The van der Waals surface area contributed by atoms with Gasteiger partial charge in [-0.15, -0.1) is 0 Å². The standard InChI is InChI=1S/2C28H29O3PS/c2*1-32(22-25-14-6-2-7-15-25,23-26-16-8-3-9-17-26,24-27-18-10-4-11-19-27)31-33(29,30)28-20-12-5-13-21-28/h2*2-21H,22-24H2,1H3. The Kier molecular flexibility index (Phi) is 15.4. The van der Waals surface area contributed by atoms with Crippen LogP contribution < -0.4 is 0 Å². The minimum absolute atomic E-state index is 0.190. The van der Waals surface area contributed by atoms with Gasteiger partial charge in [0.1, 0.15) is 0 Å². The van der Waals surface area contributed by atoms with Gasteiger partial charge in [0.15, 0.2) is 0 Å². The summed E-state index contributed by atoms with van der Waals surface area (Å²) in [6, 6.07) is 77.4. The van der Waals surface area contributed by atoms with Crippen LogP contribution in [0.4, 0.5) is 0 Å². The van der Waals surface area contributed by atoms with Crippen molar-refractivity contribution >= 4 is 33.9 Å². The van der Waals surface area contributed by atoms with Crippen LogP contribution in [-0.4, -0.2) is 30.2 Å². The molecule has 0 fully saturated rings. The third kappa shape index (κ3) is 13.3. The van der Waals surface area contributed by atoms with Crippen LogP contribution in [0.3, 0.4) is 0 Å². The summed E-state index contributed by atoms with van der Waals surface area (Å²) in [7, 11) is -7.96. The summed E-state index contributed by atoms with van der Waals surface area (Å²) in [6.07, 6.45) is 3.35. The molecule has 0 bridgehead atoms. The summed E-state index contributed by atoms with van der Waals surface area (Å²) in [6.45, 7) is -2.71. The van der Waals surface area contributed by atoms with Gasteiger partial charge in [0, 0.05) is 0 Å². The fourth-order valence-electron chi connectivity index (χ4n) is 8.96. The average Bonchev–Trinajstić information content (AvgIpc) is 3.31. The van der Waals surface area contributed by atoms with Crippen molar-refractivity contribution < 1.29 is 24.8 Å². The molecule has 0 unspecified atom stereocenters. The predicted molar refractivity (Wildman–Crippen MR) is 276 cm³/mol. The van der Waals surface area contributed by atoms with Crippen LogP contribution in [0.25, 0.3) is 0 Å². The second-order valence-corrected chi connectivity index (χ2v) is 32.5. The summed E-state index contributed by atoms with van der Waals surface area (Å²) in [4.78, 5) is 0.380. The first-order valence-electron chi connectivity index (χ1n) is 22.0. The van der Waals surface area contributed by atoms with Gasteiger partial charge in [-0.05, 0) is 0 Å². The predicted octanol–water partition coefficient (Wildman–Crippen LogP) is 14.2. The first-order chi connectivity index (χ1) is 31.7. The van der Waals surface area contributed by atoms with Crippen LogP contribution in [0, 0.1) is 0 Å². The number of benzene rings is 8. The van der Waals surface area contributed by atoms with Gasteiger partial charge < -0.3 is 0 Å². The fraction of sp³-hybridized carbons (Fsp3) is 0.143. The summed E-state index contributed by atoms with van der Waals surface area (Å²) < 4.78 is 67.6. The molecule has 0 aliphatic heterocycles. The molecule has 0 heterocycles. The fourth-order valence-corrected chi connectivity index (χ4v) is 24.9. The van der Waals surface area contributed by atoms with E-state index in [-0.39, 0.29) is 9.79 Å². The Morgan fingerprint density at radius 3 is 0.591 bits per heavy atom. The molecule has 66 heavy (non-hydrogen) atoms. The SMILES string of the molecule is CP(Cc1ccccc1)(Cc1ccccc1)(Cc1ccccc1)OS(=O)(=O)c1ccccc1.CP(Cc1ccccc1)(Cc1ccccc1)(Cc1ccccc1)OS(=O)(=O)c1ccccc1. The van der Waals surface area contributed by atoms with Crippen molar-refractivity contribution in [3.63, 3.8) is 0 Å². The molecule has 0 atom stereocenters. The van der Waals surface area contributed by atoms with E-state index >= 15 is 0 Å². The van der Waals surface area contributed by atoms with Crippen LogP contribution >= 0.6 is 13.7 Å². The van der Waals surface area contributed by atoms with Crippen LogP contribution in [0.1, 0.15) is 33.4 Å². The molecule has 340 valence electrons. The van der Waals surface area contributed by atoms with Crippen LogP contribution in [0.2, 0.25) is 0 Å². The third-order valence-electron chi connectivity index (χ3n) is 11.6. The van der Waals surface area contributed by atoms with Gasteiger partial charge in [0.25, 0.3) is 0 Å². The molecule has 10 heteroatoms. The molecule has 0 saturated heterocycles. The maximum atomic E-state index is 13.6. The molecule has 6 nitrogen and oxygen atoms in total. The van der Waals surface area contributed by atoms with Gasteiger partial charge in [0.2, 0.25) is 0 Å². The molecule has 0 saturated carbocycles. The maximum absolute atomic E-state index is 13.6. The Morgan fingerprint density at radius 1 is 0.273 bits per heavy atom. The van der Waals surface area contributed by atoms with Crippen molar-refractivity contribution in [2.75, 3.05) is 13.3 Å². The molecule has 0 amide bonds. The summed E-state index contributed by atoms with van der Waals surface area (Å²) >= 11 is 0. The van der Waals surface area contributed by atoms with E-state index in [1.165, 1.54) is 0 Å². The number of hydrogen-bond donors (Lipinski definition) is 0. The van der Waals surface area contributed by atoms with Gasteiger partial charge in [-0.2, -0.15) is 0 Å². The summed E-state index contributed by atoms with van der Waals surface area (Å²) in [5.41, 5.74) is 6.46. The van der Waals surface area contributed by atoms with E-state index in [1.54, 1.807) is 48.5 Å². The van der Waals surface area contributed by atoms with Crippen LogP contribution in [-0.2, 0) is 65.1 Å². The second kappa shape index (κ2) is 20.9. The average molecular weight is 953 g/mol. The normalized spacial score (nSPS) is 13.2. The quantitative estimate of drug-likeness (QED) is 0.0797. The van der Waals surface area contributed by atoms with Gasteiger partial charge in [-0.25, -0.2) is 0 Å². The monoisotopic (exact) mass is 952 g/mol. The number of rotatable bonds is 18. The van der Waals surface area contributed by atoms with Crippen molar-refractivity contribution in [1.29, 1.82) is 0 Å². The minimum atomic E-state index is -3.98. The molecule has 0 aliphatic carbocycles. The molecule has 8 rings (SSSR count). The van der Waals surface area contributed by atoms with Gasteiger partial charge in [-0.3, -0.25) is 0 Å². The van der Waals surface area contributed by atoms with E-state index in [4.69, 9.17) is 7.94 Å². The Hall–Kier alpha value is -5.56.